The van der Waals surface area contributed by atoms with E-state index in [9.17, 15) is 0 Å². The molecule has 2 saturated heterocycles. The molecule has 3 heteroatoms. The topological polar surface area (TPSA) is 6.48 Å². The summed E-state index contributed by atoms with van der Waals surface area (Å²) in [4.78, 5) is 4.89. The van der Waals surface area contributed by atoms with Gasteiger partial charge in [-0.25, -0.2) is 0 Å². The van der Waals surface area contributed by atoms with Crippen molar-refractivity contribution in [2.24, 2.45) is 5.92 Å². The maximum Gasteiger partial charge on any atom is 2.00 e. The average molecular weight is 352 g/mol. The van der Waals surface area contributed by atoms with Gasteiger partial charge in [0.1, 0.15) is 0 Å². The van der Waals surface area contributed by atoms with Crippen LogP contribution in [-0.2, 0) is 21.1 Å². The largest absolute Gasteiger partial charge is 2.00 e. The number of hydrogen-bond acceptors (Lipinski definition) is 2. The van der Waals surface area contributed by atoms with E-state index in [0.717, 1.165) is 18.5 Å². The smallest absolute Gasteiger partial charge is 0.346 e. The van der Waals surface area contributed by atoms with Crippen LogP contribution in [-0.4, -0.2) is 49.1 Å². The van der Waals surface area contributed by atoms with Crippen LogP contribution in [0.5, 0.6) is 0 Å². The zero-order chi connectivity index (χ0) is 9.14. The molecular weight excluding hydrogens is 332 g/mol. The van der Waals surface area contributed by atoms with Gasteiger partial charge < -0.3 is 23.6 Å². The number of hydrogen-bond donors (Lipinski definition) is 0. The van der Waals surface area contributed by atoms with Crippen LogP contribution in [0.15, 0.2) is 0 Å². The molecule has 0 radical (unpaired) electrons. The first-order valence-corrected chi connectivity index (χ1v) is 4.74. The second-order valence-corrected chi connectivity index (χ2v) is 3.53. The predicted molar refractivity (Wildman–Crippen MR) is 52.7 cm³/mol. The summed E-state index contributed by atoms with van der Waals surface area (Å²) in [6.07, 6.45) is 0. The SMILES string of the molecule is [CH2-]C.[CH2-]CN1CC2CN(C)C2C1.[W+2]. The molecular formula is C10H20N2W. The first kappa shape index (κ1) is 13.6. The van der Waals surface area contributed by atoms with Crippen molar-refractivity contribution in [2.75, 3.05) is 33.2 Å². The molecule has 0 aromatic carbocycles. The van der Waals surface area contributed by atoms with Gasteiger partial charge in [-0.15, -0.1) is 6.54 Å². The standard InChI is InChI=1S/C8H15N2.C2H5.W/c1-3-10-5-7-4-9(2)8(7)6-10;1-2;/h7-8H,1,3-6H2,2H3;1H2,2H3;/q2*-1;+2. The molecule has 0 bridgehead atoms. The molecule has 2 nitrogen and oxygen atoms in total. The number of rotatable bonds is 1. The zero-order valence-corrected chi connectivity index (χ0v) is 11.6. The van der Waals surface area contributed by atoms with Crippen LogP contribution in [0.25, 0.3) is 0 Å². The fraction of sp³-hybridized carbons (Fsp3) is 0.800. The summed E-state index contributed by atoms with van der Waals surface area (Å²) in [6.45, 7) is 13.7. The minimum atomic E-state index is 0. The van der Waals surface area contributed by atoms with E-state index in [1.54, 1.807) is 6.92 Å². The third-order valence-electron chi connectivity index (χ3n) is 2.89. The van der Waals surface area contributed by atoms with E-state index >= 15 is 0 Å². The summed E-state index contributed by atoms with van der Waals surface area (Å²) in [5, 5.41) is 0. The minimum absolute atomic E-state index is 0. The number of likely N-dealkylation sites (tertiary alicyclic amines) is 2. The van der Waals surface area contributed by atoms with Gasteiger partial charge in [0.2, 0.25) is 0 Å². The fourth-order valence-electron chi connectivity index (χ4n) is 2.17. The zero-order valence-electron chi connectivity index (χ0n) is 8.70. The summed E-state index contributed by atoms with van der Waals surface area (Å²) in [5.74, 6) is 0.965. The van der Waals surface area contributed by atoms with E-state index in [1.807, 2.05) is 0 Å². The van der Waals surface area contributed by atoms with Crippen LogP contribution >= 0.6 is 0 Å². The van der Waals surface area contributed by atoms with Crippen molar-refractivity contribution in [3.05, 3.63) is 13.8 Å². The Bertz CT molecular complexity index is 141. The number of likely N-dealkylation sites (N-methyl/N-ethyl adjacent to an activating group) is 1. The Labute approximate surface area is 96.9 Å². The Morgan fingerprint density at radius 3 is 2.23 bits per heavy atom. The summed E-state index contributed by atoms with van der Waals surface area (Å²) in [6, 6.07) is 0.863. The molecule has 2 aliphatic rings. The van der Waals surface area contributed by atoms with Crippen LogP contribution < -0.4 is 0 Å². The van der Waals surface area contributed by atoms with Crippen molar-refractivity contribution in [3.63, 3.8) is 0 Å². The van der Waals surface area contributed by atoms with E-state index in [2.05, 4.69) is 30.7 Å². The summed E-state index contributed by atoms with van der Waals surface area (Å²) >= 11 is 0. The van der Waals surface area contributed by atoms with E-state index in [-0.39, 0.29) is 21.1 Å². The van der Waals surface area contributed by atoms with Gasteiger partial charge >= 0.3 is 21.1 Å². The molecule has 2 atom stereocenters. The second-order valence-electron chi connectivity index (χ2n) is 3.53. The summed E-state index contributed by atoms with van der Waals surface area (Å²) in [5.41, 5.74) is 0. The predicted octanol–water partition coefficient (Wildman–Crippen LogP) is 0.904. The summed E-state index contributed by atoms with van der Waals surface area (Å²) < 4.78 is 0. The Morgan fingerprint density at radius 1 is 1.23 bits per heavy atom. The molecule has 2 aliphatic heterocycles. The van der Waals surface area contributed by atoms with E-state index in [1.165, 1.54) is 19.6 Å². The molecule has 0 amide bonds. The molecule has 2 unspecified atom stereocenters. The van der Waals surface area contributed by atoms with Crippen molar-refractivity contribution < 1.29 is 21.1 Å². The molecule has 76 valence electrons. The molecule has 2 heterocycles. The van der Waals surface area contributed by atoms with Crippen molar-refractivity contribution in [1.82, 2.24) is 9.80 Å². The monoisotopic (exact) mass is 352 g/mol. The van der Waals surface area contributed by atoms with E-state index in [0.29, 0.717) is 0 Å². The van der Waals surface area contributed by atoms with Gasteiger partial charge in [0, 0.05) is 31.6 Å². The first-order chi connectivity index (χ1) is 5.81. The molecule has 13 heavy (non-hydrogen) atoms. The first-order valence-electron chi connectivity index (χ1n) is 4.74. The van der Waals surface area contributed by atoms with Crippen LogP contribution in [0.2, 0.25) is 0 Å². The van der Waals surface area contributed by atoms with Crippen molar-refractivity contribution in [1.29, 1.82) is 0 Å². The maximum absolute atomic E-state index is 3.90. The normalized spacial score (nSPS) is 32.3. The minimum Gasteiger partial charge on any atom is -0.346 e. The molecule has 0 saturated carbocycles. The molecule has 2 fully saturated rings. The van der Waals surface area contributed by atoms with Crippen LogP contribution in [0.1, 0.15) is 6.92 Å². The van der Waals surface area contributed by atoms with Gasteiger partial charge in [-0.1, -0.05) is 0 Å². The average Bonchev–Trinajstić information content (AvgIpc) is 2.45. The van der Waals surface area contributed by atoms with Gasteiger partial charge in [-0.2, -0.15) is 6.92 Å². The van der Waals surface area contributed by atoms with Gasteiger partial charge in [-0.3, -0.25) is 0 Å². The van der Waals surface area contributed by atoms with Crippen LogP contribution in [0.3, 0.4) is 0 Å². The molecule has 0 aliphatic carbocycles. The van der Waals surface area contributed by atoms with Crippen molar-refractivity contribution >= 4 is 0 Å². The van der Waals surface area contributed by atoms with Crippen LogP contribution in [0.4, 0.5) is 0 Å². The molecule has 0 N–H and O–H groups in total. The quantitative estimate of drug-likeness (QED) is 0.648. The molecule has 0 aromatic rings. The van der Waals surface area contributed by atoms with Crippen LogP contribution in [0, 0.1) is 19.8 Å². The number of fused-ring (bicyclic) bond motifs is 1. The summed E-state index contributed by atoms with van der Waals surface area (Å²) in [7, 11) is 2.22. The maximum atomic E-state index is 3.90. The fourth-order valence-corrected chi connectivity index (χ4v) is 2.17. The third-order valence-corrected chi connectivity index (χ3v) is 2.89. The van der Waals surface area contributed by atoms with Crippen molar-refractivity contribution in [3.8, 4) is 0 Å². The van der Waals surface area contributed by atoms with Gasteiger partial charge in [-0.05, 0) is 7.05 Å². The Balaban J connectivity index is 0.000000451. The van der Waals surface area contributed by atoms with E-state index in [4.69, 9.17) is 0 Å². The number of nitrogens with zero attached hydrogens (tertiary/aromatic N) is 2. The van der Waals surface area contributed by atoms with Gasteiger partial charge in [0.15, 0.2) is 0 Å². The molecule has 0 spiro atoms. The van der Waals surface area contributed by atoms with Gasteiger partial charge in [0.05, 0.1) is 0 Å². The Morgan fingerprint density at radius 2 is 1.85 bits per heavy atom. The van der Waals surface area contributed by atoms with E-state index < -0.39 is 0 Å². The second kappa shape index (κ2) is 6.16. The third kappa shape index (κ3) is 2.78. The molecule has 0 aromatic heterocycles. The van der Waals surface area contributed by atoms with Gasteiger partial charge in [0.25, 0.3) is 0 Å². The Hall–Kier alpha value is 0.608. The Kier molecular flexibility index (Phi) is 6.45. The molecule has 2 rings (SSSR count). The van der Waals surface area contributed by atoms with Crippen molar-refractivity contribution in [2.45, 2.75) is 13.0 Å².